The molecule has 1 aromatic heterocycles. The molecule has 0 spiro atoms. The van der Waals surface area contributed by atoms with Gasteiger partial charge in [0.25, 0.3) is 0 Å². The molecule has 0 bridgehead atoms. The quantitative estimate of drug-likeness (QED) is 0.819. The highest BCUT2D eigenvalue weighted by atomic mass is 35.5. The monoisotopic (exact) mass is 239 g/mol. The lowest BCUT2D eigenvalue weighted by Crippen LogP contribution is -2.22. The van der Waals surface area contributed by atoms with Crippen molar-refractivity contribution in [2.24, 2.45) is 5.92 Å². The summed E-state index contributed by atoms with van der Waals surface area (Å²) in [4.78, 5) is 6.70. The minimum atomic E-state index is 0.548. The topological polar surface area (TPSA) is 28.2 Å². The average molecular weight is 240 g/mol. The lowest BCUT2D eigenvalue weighted by atomic mass is 10.1. The van der Waals surface area contributed by atoms with Gasteiger partial charge in [0.2, 0.25) is 0 Å². The number of hydrogen-bond acceptors (Lipinski definition) is 3. The van der Waals surface area contributed by atoms with E-state index in [-0.39, 0.29) is 0 Å². The first-order chi connectivity index (χ1) is 7.78. The smallest absolute Gasteiger partial charge is 0.131 e. The Balaban J connectivity index is 1.80. The molecule has 88 valence electrons. The third kappa shape index (κ3) is 3.09. The zero-order valence-corrected chi connectivity index (χ0v) is 10.4. The van der Waals surface area contributed by atoms with E-state index in [9.17, 15) is 0 Å². The summed E-state index contributed by atoms with van der Waals surface area (Å²) in [7, 11) is 0. The Hall–Kier alpha value is -0.800. The number of nitrogens with one attached hydrogen (secondary N) is 1. The maximum Gasteiger partial charge on any atom is 0.131 e. The number of halogens is 1. The summed E-state index contributed by atoms with van der Waals surface area (Å²) >= 11 is 5.83. The van der Waals surface area contributed by atoms with Crippen molar-refractivity contribution in [3.8, 4) is 0 Å². The summed E-state index contributed by atoms with van der Waals surface area (Å²) < 4.78 is 0. The van der Waals surface area contributed by atoms with Crippen LogP contribution in [0.3, 0.4) is 0 Å². The van der Waals surface area contributed by atoms with Gasteiger partial charge in [-0.15, -0.1) is 0 Å². The van der Waals surface area contributed by atoms with Crippen molar-refractivity contribution in [2.75, 3.05) is 31.5 Å². The van der Waals surface area contributed by atoms with Crippen LogP contribution in [0.15, 0.2) is 18.2 Å². The van der Waals surface area contributed by atoms with Gasteiger partial charge in [0.15, 0.2) is 0 Å². The molecule has 1 unspecified atom stereocenters. The number of likely N-dealkylation sites (tertiary alicyclic amines) is 1. The molecular formula is C12H18ClN3. The summed E-state index contributed by atoms with van der Waals surface area (Å²) in [6, 6.07) is 5.67. The van der Waals surface area contributed by atoms with Gasteiger partial charge in [0, 0.05) is 13.1 Å². The van der Waals surface area contributed by atoms with Crippen LogP contribution in [0.1, 0.15) is 13.3 Å². The van der Waals surface area contributed by atoms with Crippen LogP contribution in [0, 0.1) is 5.92 Å². The molecule has 0 amide bonds. The van der Waals surface area contributed by atoms with Gasteiger partial charge in [-0.2, -0.15) is 0 Å². The highest BCUT2D eigenvalue weighted by Crippen LogP contribution is 2.16. The van der Waals surface area contributed by atoms with Crippen LogP contribution in [0.4, 0.5) is 5.82 Å². The van der Waals surface area contributed by atoms with Crippen molar-refractivity contribution in [1.82, 2.24) is 9.88 Å². The van der Waals surface area contributed by atoms with Crippen LogP contribution in [0.25, 0.3) is 0 Å². The molecule has 0 aromatic carbocycles. The molecule has 1 aromatic rings. The van der Waals surface area contributed by atoms with Gasteiger partial charge in [-0.3, -0.25) is 0 Å². The van der Waals surface area contributed by atoms with Gasteiger partial charge in [0.05, 0.1) is 0 Å². The number of nitrogens with zero attached hydrogens (tertiary/aromatic N) is 2. The maximum atomic E-state index is 5.83. The first kappa shape index (κ1) is 11.7. The molecule has 0 aliphatic carbocycles. The summed E-state index contributed by atoms with van der Waals surface area (Å²) in [6.07, 6.45) is 1.28. The third-order valence-corrected chi connectivity index (χ3v) is 3.31. The standard InChI is InChI=1S/C12H18ClN3/c1-2-16-7-6-10(9-16)8-14-12-5-3-4-11(13)15-12/h3-5,10H,2,6-9H2,1H3,(H,14,15). The highest BCUT2D eigenvalue weighted by molar-refractivity contribution is 6.29. The molecule has 2 heterocycles. The van der Waals surface area contributed by atoms with E-state index in [1.165, 1.54) is 19.5 Å². The largest absolute Gasteiger partial charge is 0.370 e. The zero-order valence-electron chi connectivity index (χ0n) is 9.62. The molecule has 1 N–H and O–H groups in total. The van der Waals surface area contributed by atoms with Crippen LogP contribution in [-0.2, 0) is 0 Å². The highest BCUT2D eigenvalue weighted by Gasteiger charge is 2.20. The fourth-order valence-corrected chi connectivity index (χ4v) is 2.29. The van der Waals surface area contributed by atoms with Crippen LogP contribution < -0.4 is 5.32 Å². The molecule has 1 atom stereocenters. The van der Waals surface area contributed by atoms with Crippen molar-refractivity contribution in [3.05, 3.63) is 23.4 Å². The molecule has 0 saturated carbocycles. The van der Waals surface area contributed by atoms with Crippen LogP contribution in [-0.4, -0.2) is 36.1 Å². The second kappa shape index (κ2) is 5.51. The van der Waals surface area contributed by atoms with E-state index in [4.69, 9.17) is 11.6 Å². The zero-order chi connectivity index (χ0) is 11.4. The van der Waals surface area contributed by atoms with Crippen molar-refractivity contribution in [1.29, 1.82) is 0 Å². The van der Waals surface area contributed by atoms with E-state index in [1.54, 1.807) is 6.07 Å². The molecule has 3 nitrogen and oxygen atoms in total. The molecule has 1 saturated heterocycles. The predicted molar refractivity (Wildman–Crippen MR) is 68.0 cm³/mol. The van der Waals surface area contributed by atoms with Crippen molar-refractivity contribution < 1.29 is 0 Å². The third-order valence-electron chi connectivity index (χ3n) is 3.10. The Kier molecular flexibility index (Phi) is 4.02. The minimum Gasteiger partial charge on any atom is -0.370 e. The van der Waals surface area contributed by atoms with Crippen molar-refractivity contribution in [2.45, 2.75) is 13.3 Å². The SMILES string of the molecule is CCN1CCC(CNc2cccc(Cl)n2)C1. The molecule has 1 aliphatic heterocycles. The first-order valence-electron chi connectivity index (χ1n) is 5.86. The second-order valence-electron chi connectivity index (χ2n) is 4.27. The number of hydrogen-bond donors (Lipinski definition) is 1. The molecule has 1 fully saturated rings. The number of aromatic nitrogens is 1. The van der Waals surface area contributed by atoms with E-state index in [1.807, 2.05) is 12.1 Å². The molecule has 1 aliphatic rings. The van der Waals surface area contributed by atoms with Gasteiger partial charge in [-0.05, 0) is 37.6 Å². The second-order valence-corrected chi connectivity index (χ2v) is 4.66. The van der Waals surface area contributed by atoms with E-state index in [2.05, 4.69) is 22.1 Å². The van der Waals surface area contributed by atoms with E-state index in [0.717, 1.165) is 24.8 Å². The molecular weight excluding hydrogens is 222 g/mol. The number of pyridine rings is 1. The first-order valence-corrected chi connectivity index (χ1v) is 6.24. The molecule has 16 heavy (non-hydrogen) atoms. The molecule has 0 radical (unpaired) electrons. The maximum absolute atomic E-state index is 5.83. The van der Waals surface area contributed by atoms with Crippen molar-refractivity contribution >= 4 is 17.4 Å². The molecule has 2 rings (SSSR count). The number of anilines is 1. The van der Waals surface area contributed by atoms with E-state index in [0.29, 0.717) is 5.15 Å². The summed E-state index contributed by atoms with van der Waals surface area (Å²) in [5, 5.41) is 3.90. The van der Waals surface area contributed by atoms with E-state index >= 15 is 0 Å². The Morgan fingerprint density at radius 3 is 3.12 bits per heavy atom. The van der Waals surface area contributed by atoms with Gasteiger partial charge in [-0.1, -0.05) is 24.6 Å². The Morgan fingerprint density at radius 1 is 1.56 bits per heavy atom. The summed E-state index contributed by atoms with van der Waals surface area (Å²) in [6.45, 7) is 6.79. The predicted octanol–water partition coefficient (Wildman–Crippen LogP) is 2.49. The Labute approximate surface area is 102 Å². The fraction of sp³-hybridized carbons (Fsp3) is 0.583. The Morgan fingerprint density at radius 2 is 2.44 bits per heavy atom. The van der Waals surface area contributed by atoms with Crippen LogP contribution in [0.5, 0.6) is 0 Å². The summed E-state index contributed by atoms with van der Waals surface area (Å²) in [5.74, 6) is 1.61. The van der Waals surface area contributed by atoms with Crippen LogP contribution in [0.2, 0.25) is 5.15 Å². The van der Waals surface area contributed by atoms with Gasteiger partial charge >= 0.3 is 0 Å². The lowest BCUT2D eigenvalue weighted by Gasteiger charge is -2.14. The molecule has 4 heteroatoms. The number of rotatable bonds is 4. The fourth-order valence-electron chi connectivity index (χ4n) is 2.12. The minimum absolute atomic E-state index is 0.548. The van der Waals surface area contributed by atoms with Gasteiger partial charge in [0.1, 0.15) is 11.0 Å². The van der Waals surface area contributed by atoms with Crippen LogP contribution >= 0.6 is 11.6 Å². The lowest BCUT2D eigenvalue weighted by molar-refractivity contribution is 0.345. The van der Waals surface area contributed by atoms with Gasteiger partial charge < -0.3 is 10.2 Å². The van der Waals surface area contributed by atoms with Crippen molar-refractivity contribution in [3.63, 3.8) is 0 Å². The average Bonchev–Trinajstić information content (AvgIpc) is 2.74. The summed E-state index contributed by atoms with van der Waals surface area (Å²) in [5.41, 5.74) is 0. The normalized spacial score (nSPS) is 21.2. The Bertz CT molecular complexity index is 343. The van der Waals surface area contributed by atoms with E-state index < -0.39 is 0 Å². The van der Waals surface area contributed by atoms with Gasteiger partial charge in [-0.25, -0.2) is 4.98 Å².